The number of aliphatic hydroxyl groups is 1. The van der Waals surface area contributed by atoms with Crippen LogP contribution in [-0.4, -0.2) is 52.0 Å². The van der Waals surface area contributed by atoms with Crippen molar-refractivity contribution in [2.75, 3.05) is 23.3 Å². The topological polar surface area (TPSA) is 138 Å². The number of ether oxygens (including phenoxy) is 1. The van der Waals surface area contributed by atoms with Crippen LogP contribution in [0.3, 0.4) is 0 Å². The first-order chi connectivity index (χ1) is 19.6. The highest BCUT2D eigenvalue weighted by Gasteiger charge is 2.57. The Balaban J connectivity index is 1.39. The molecule has 2 heterocycles. The number of hydrogen-bond acceptors (Lipinski definition) is 6. The van der Waals surface area contributed by atoms with Gasteiger partial charge in [-0.05, 0) is 56.0 Å². The standard InChI is InChI=1S/C28H26F3N5O5/c29-16-1-3-17(4-2-16)36(26(39)28(8-9-28)25(32)38)22-14-21(31)23(15-20(22)30)41-19-5-10-33-24(13-19)34-27(40)35-11-6-18(37)7-12-35/h1-5,10,13-15,18,37H,6-9,11-12H2,(H2,32,38)(H,33,34,40). The molecular weight excluding hydrogens is 543 g/mol. The molecule has 2 aliphatic rings. The predicted octanol–water partition coefficient (Wildman–Crippen LogP) is 4.21. The maximum atomic E-state index is 15.5. The summed E-state index contributed by atoms with van der Waals surface area (Å²) in [5, 5.41) is 12.2. The van der Waals surface area contributed by atoms with Crippen molar-refractivity contribution in [2.45, 2.75) is 31.8 Å². The zero-order valence-electron chi connectivity index (χ0n) is 21.6. The van der Waals surface area contributed by atoms with Crippen LogP contribution in [-0.2, 0) is 9.59 Å². The molecule has 0 atom stereocenters. The van der Waals surface area contributed by atoms with E-state index in [2.05, 4.69) is 10.3 Å². The molecule has 214 valence electrons. The van der Waals surface area contributed by atoms with E-state index in [4.69, 9.17) is 10.5 Å². The van der Waals surface area contributed by atoms with E-state index < -0.39 is 58.3 Å². The summed E-state index contributed by atoms with van der Waals surface area (Å²) in [5.41, 5.74) is 3.36. The lowest BCUT2D eigenvalue weighted by Crippen LogP contribution is -2.42. The average molecular weight is 570 g/mol. The second kappa shape index (κ2) is 11.1. The summed E-state index contributed by atoms with van der Waals surface area (Å²) >= 11 is 0. The molecule has 1 aliphatic heterocycles. The van der Waals surface area contributed by atoms with E-state index in [0.717, 1.165) is 29.2 Å². The van der Waals surface area contributed by atoms with Gasteiger partial charge in [0.15, 0.2) is 17.4 Å². The van der Waals surface area contributed by atoms with Gasteiger partial charge in [-0.1, -0.05) is 0 Å². The summed E-state index contributed by atoms with van der Waals surface area (Å²) < 4.78 is 49.9. The van der Waals surface area contributed by atoms with Crippen LogP contribution in [0.5, 0.6) is 11.5 Å². The number of amides is 4. The van der Waals surface area contributed by atoms with Gasteiger partial charge in [0.25, 0.3) is 0 Å². The van der Waals surface area contributed by atoms with E-state index in [-0.39, 0.29) is 30.1 Å². The van der Waals surface area contributed by atoms with Crippen LogP contribution in [0.4, 0.5) is 35.2 Å². The SMILES string of the molecule is NC(=O)C1(C(=O)N(c2ccc(F)cc2)c2cc(F)c(Oc3ccnc(NC(=O)N4CCC(O)CC4)c3)cc2F)CC1. The van der Waals surface area contributed by atoms with Gasteiger partial charge in [-0.3, -0.25) is 19.8 Å². The molecule has 1 saturated heterocycles. The highest BCUT2D eigenvalue weighted by Crippen LogP contribution is 2.49. The molecule has 1 aliphatic carbocycles. The Labute approximate surface area is 232 Å². The van der Waals surface area contributed by atoms with Crippen molar-refractivity contribution >= 4 is 35.0 Å². The lowest BCUT2D eigenvalue weighted by Gasteiger charge is -2.29. The first kappa shape index (κ1) is 27.9. The predicted molar refractivity (Wildman–Crippen MR) is 141 cm³/mol. The molecule has 0 unspecified atom stereocenters. The van der Waals surface area contributed by atoms with E-state index in [1.807, 2.05) is 0 Å². The van der Waals surface area contributed by atoms with Crippen LogP contribution >= 0.6 is 0 Å². The number of anilines is 3. The third kappa shape index (κ3) is 5.80. The molecule has 1 aromatic heterocycles. The minimum atomic E-state index is -1.57. The largest absolute Gasteiger partial charge is 0.454 e. The van der Waals surface area contributed by atoms with Gasteiger partial charge >= 0.3 is 6.03 Å². The van der Waals surface area contributed by atoms with Gasteiger partial charge < -0.3 is 20.5 Å². The Bertz CT molecular complexity index is 1490. The lowest BCUT2D eigenvalue weighted by molar-refractivity contribution is -0.133. The lowest BCUT2D eigenvalue weighted by atomic mass is 10.0. The molecule has 2 fully saturated rings. The van der Waals surface area contributed by atoms with Crippen molar-refractivity contribution in [3.63, 3.8) is 0 Å². The minimum Gasteiger partial charge on any atom is -0.454 e. The summed E-state index contributed by atoms with van der Waals surface area (Å²) in [6.07, 6.45) is 2.06. The number of carbonyl (C=O) groups is 3. The Kier molecular flexibility index (Phi) is 7.54. The van der Waals surface area contributed by atoms with Crippen LogP contribution in [0, 0.1) is 22.9 Å². The number of urea groups is 1. The van der Waals surface area contributed by atoms with Gasteiger partial charge in [0, 0.05) is 43.2 Å². The van der Waals surface area contributed by atoms with Crippen LogP contribution in [0.2, 0.25) is 0 Å². The Morgan fingerprint density at radius 3 is 2.34 bits per heavy atom. The summed E-state index contributed by atoms with van der Waals surface area (Å²) in [7, 11) is 0. The third-order valence-corrected chi connectivity index (χ3v) is 7.11. The number of pyridine rings is 1. The quantitative estimate of drug-likeness (QED) is 0.365. The van der Waals surface area contributed by atoms with Gasteiger partial charge in [-0.2, -0.15) is 0 Å². The summed E-state index contributed by atoms with van der Waals surface area (Å²) in [6, 6.07) is 8.21. The van der Waals surface area contributed by atoms with Crippen molar-refractivity contribution < 1.29 is 37.4 Å². The number of halogens is 3. The fourth-order valence-corrected chi connectivity index (χ4v) is 4.56. The van der Waals surface area contributed by atoms with E-state index in [1.54, 1.807) is 0 Å². The average Bonchev–Trinajstić information content (AvgIpc) is 3.75. The highest BCUT2D eigenvalue weighted by molar-refractivity contribution is 6.16. The molecule has 2 aromatic carbocycles. The van der Waals surface area contributed by atoms with E-state index >= 15 is 8.78 Å². The van der Waals surface area contributed by atoms with Gasteiger partial charge in [0.1, 0.15) is 22.8 Å². The minimum absolute atomic E-state index is 0.00799. The molecule has 0 radical (unpaired) electrons. The Morgan fingerprint density at radius 1 is 1.02 bits per heavy atom. The van der Waals surface area contributed by atoms with Gasteiger partial charge in [-0.25, -0.2) is 22.9 Å². The molecule has 4 N–H and O–H groups in total. The van der Waals surface area contributed by atoms with Crippen molar-refractivity contribution in [3.05, 3.63) is 72.2 Å². The first-order valence-corrected chi connectivity index (χ1v) is 12.8. The van der Waals surface area contributed by atoms with Gasteiger partial charge in [0.05, 0.1) is 11.8 Å². The fourth-order valence-electron chi connectivity index (χ4n) is 4.56. The van der Waals surface area contributed by atoms with Crippen molar-refractivity contribution in [2.24, 2.45) is 11.1 Å². The number of primary amides is 1. The van der Waals surface area contributed by atoms with Crippen molar-refractivity contribution in [1.29, 1.82) is 0 Å². The number of piperidine rings is 1. The maximum absolute atomic E-state index is 15.5. The van der Waals surface area contributed by atoms with Crippen LogP contribution < -0.4 is 20.7 Å². The number of rotatable bonds is 7. The van der Waals surface area contributed by atoms with E-state index in [9.17, 15) is 23.9 Å². The second-order valence-electron chi connectivity index (χ2n) is 9.92. The van der Waals surface area contributed by atoms with E-state index in [1.165, 1.54) is 35.4 Å². The maximum Gasteiger partial charge on any atom is 0.323 e. The smallest absolute Gasteiger partial charge is 0.323 e. The van der Waals surface area contributed by atoms with Gasteiger partial charge in [-0.15, -0.1) is 0 Å². The molecule has 0 spiro atoms. The first-order valence-electron chi connectivity index (χ1n) is 12.8. The molecule has 10 nitrogen and oxygen atoms in total. The number of likely N-dealkylation sites (tertiary alicyclic amines) is 1. The number of benzene rings is 2. The molecule has 5 rings (SSSR count). The molecule has 0 bridgehead atoms. The number of aromatic nitrogens is 1. The van der Waals surface area contributed by atoms with Crippen LogP contribution in [0.15, 0.2) is 54.7 Å². The zero-order chi connectivity index (χ0) is 29.3. The number of nitrogens with two attached hydrogens (primary N) is 1. The molecule has 4 amide bonds. The second-order valence-corrected chi connectivity index (χ2v) is 9.92. The molecule has 13 heteroatoms. The molecule has 41 heavy (non-hydrogen) atoms. The normalized spacial score (nSPS) is 16.1. The zero-order valence-corrected chi connectivity index (χ0v) is 21.6. The summed E-state index contributed by atoms with van der Waals surface area (Å²) in [4.78, 5) is 44.3. The summed E-state index contributed by atoms with van der Waals surface area (Å²) in [5.74, 6) is -4.86. The van der Waals surface area contributed by atoms with Crippen molar-refractivity contribution in [3.8, 4) is 11.5 Å². The van der Waals surface area contributed by atoms with Crippen LogP contribution in [0.1, 0.15) is 25.7 Å². The third-order valence-electron chi connectivity index (χ3n) is 7.11. The van der Waals surface area contributed by atoms with Crippen LogP contribution in [0.25, 0.3) is 0 Å². The number of nitrogens with zero attached hydrogens (tertiary/aromatic N) is 3. The molecular formula is C28H26F3N5O5. The fraction of sp³-hybridized carbons (Fsp3) is 0.286. The Hall–Kier alpha value is -4.65. The number of hydrogen-bond donors (Lipinski definition) is 3. The summed E-state index contributed by atoms with van der Waals surface area (Å²) in [6.45, 7) is 0.746. The Morgan fingerprint density at radius 2 is 1.71 bits per heavy atom. The van der Waals surface area contributed by atoms with Crippen molar-refractivity contribution in [1.82, 2.24) is 9.88 Å². The monoisotopic (exact) mass is 569 g/mol. The molecule has 3 aromatic rings. The number of aliphatic hydroxyl groups excluding tert-OH is 1. The molecule has 1 saturated carbocycles. The number of carbonyl (C=O) groups excluding carboxylic acids is 3. The number of nitrogens with one attached hydrogen (secondary N) is 1. The highest BCUT2D eigenvalue weighted by atomic mass is 19.1. The van der Waals surface area contributed by atoms with E-state index in [0.29, 0.717) is 25.9 Å². The van der Waals surface area contributed by atoms with Gasteiger partial charge in [0.2, 0.25) is 11.8 Å².